The minimum atomic E-state index is -0.960. The van der Waals surface area contributed by atoms with Crippen LogP contribution in [0.1, 0.15) is 64.1 Å². The molecule has 142 valence electrons. The number of hydrogen-bond donors (Lipinski definition) is 1. The highest BCUT2D eigenvalue weighted by Gasteiger charge is 2.36. The van der Waals surface area contributed by atoms with E-state index in [1.165, 1.54) is 4.68 Å². The normalized spacial score (nSPS) is 17.3. The average molecular weight is 366 g/mol. The molecule has 0 saturated heterocycles. The number of pyridine rings is 1. The molecule has 1 saturated carbocycles. The van der Waals surface area contributed by atoms with Crippen LogP contribution in [-0.4, -0.2) is 24.5 Å². The zero-order valence-corrected chi connectivity index (χ0v) is 15.9. The highest BCUT2D eigenvalue weighted by atomic mass is 16.3. The minimum absolute atomic E-state index is 0.0382. The second-order valence-electron chi connectivity index (χ2n) is 7.79. The fourth-order valence-corrected chi connectivity index (χ4v) is 4.06. The van der Waals surface area contributed by atoms with Crippen LogP contribution in [0, 0.1) is 0 Å². The third-order valence-corrected chi connectivity index (χ3v) is 5.48. The van der Waals surface area contributed by atoms with Crippen molar-refractivity contribution in [2.24, 2.45) is 0 Å². The zero-order chi connectivity index (χ0) is 19.0. The second-order valence-corrected chi connectivity index (χ2v) is 7.79. The molecule has 0 unspecified atom stereocenters. The van der Waals surface area contributed by atoms with Gasteiger partial charge < -0.3 is 5.11 Å². The van der Waals surface area contributed by atoms with Crippen LogP contribution in [0.25, 0.3) is 16.8 Å². The Labute approximate surface area is 158 Å². The Morgan fingerprint density at radius 1 is 1.04 bits per heavy atom. The molecule has 1 aliphatic rings. The minimum Gasteiger partial charge on any atom is -0.383 e. The average Bonchev–Trinajstić information content (AvgIpc) is 2.91. The predicted octanol–water partition coefficient (Wildman–Crippen LogP) is 3.68. The summed E-state index contributed by atoms with van der Waals surface area (Å²) in [6.07, 6.45) is 7.55. The molecule has 3 aromatic rings. The van der Waals surface area contributed by atoms with Gasteiger partial charge in [0.2, 0.25) is 0 Å². The van der Waals surface area contributed by atoms with E-state index in [1.807, 2.05) is 38.2 Å². The lowest BCUT2D eigenvalue weighted by molar-refractivity contribution is 0.0167. The van der Waals surface area contributed by atoms with Gasteiger partial charge in [0, 0.05) is 12.3 Å². The lowest BCUT2D eigenvalue weighted by Gasteiger charge is -2.25. The zero-order valence-electron chi connectivity index (χ0n) is 15.9. The van der Waals surface area contributed by atoms with E-state index in [1.54, 1.807) is 16.6 Å². The molecule has 27 heavy (non-hydrogen) atoms. The third-order valence-electron chi connectivity index (χ3n) is 5.48. The molecular formula is C21H26N4O2. The lowest BCUT2D eigenvalue weighted by atomic mass is 9.87. The van der Waals surface area contributed by atoms with Gasteiger partial charge in [-0.05, 0) is 44.9 Å². The molecule has 0 spiro atoms. The highest BCUT2D eigenvalue weighted by molar-refractivity contribution is 5.81. The first-order valence-electron chi connectivity index (χ1n) is 9.80. The molecule has 1 fully saturated rings. The van der Waals surface area contributed by atoms with Crippen molar-refractivity contribution in [3.8, 4) is 11.3 Å². The quantitative estimate of drug-likeness (QED) is 0.718. The van der Waals surface area contributed by atoms with Gasteiger partial charge in [0.15, 0.2) is 0 Å². The van der Waals surface area contributed by atoms with Crippen LogP contribution < -0.4 is 5.56 Å². The van der Waals surface area contributed by atoms with E-state index in [-0.39, 0.29) is 11.6 Å². The molecule has 0 amide bonds. The van der Waals surface area contributed by atoms with E-state index < -0.39 is 5.60 Å². The van der Waals surface area contributed by atoms with E-state index in [9.17, 15) is 9.90 Å². The molecule has 6 heteroatoms. The number of nitrogens with zero attached hydrogens (tertiary/aromatic N) is 4. The molecule has 0 radical (unpaired) electrons. The van der Waals surface area contributed by atoms with Gasteiger partial charge in [0.25, 0.3) is 5.56 Å². The van der Waals surface area contributed by atoms with Crippen molar-refractivity contribution in [2.75, 3.05) is 0 Å². The van der Waals surface area contributed by atoms with E-state index >= 15 is 0 Å². The van der Waals surface area contributed by atoms with Gasteiger partial charge >= 0.3 is 0 Å². The van der Waals surface area contributed by atoms with E-state index in [2.05, 4.69) is 5.10 Å². The van der Waals surface area contributed by atoms with Crippen molar-refractivity contribution in [3.63, 3.8) is 0 Å². The topological polar surface area (TPSA) is 72.4 Å². The Bertz CT molecular complexity index is 1010. The first-order chi connectivity index (χ1) is 13.0. The molecule has 1 N–H and O–H groups in total. The SMILES string of the molecule is CC(C)n1nc(-c2c(C3(O)CCCCCC3)nn3ccccc23)ccc1=O. The number of hydrogen-bond acceptors (Lipinski definition) is 4. The van der Waals surface area contributed by atoms with Gasteiger partial charge in [-0.1, -0.05) is 31.7 Å². The molecule has 0 bridgehead atoms. The summed E-state index contributed by atoms with van der Waals surface area (Å²) in [5.41, 5.74) is 1.99. The van der Waals surface area contributed by atoms with E-state index in [0.717, 1.165) is 36.8 Å². The fourth-order valence-electron chi connectivity index (χ4n) is 4.06. The Morgan fingerprint density at radius 3 is 2.48 bits per heavy atom. The molecule has 0 aromatic carbocycles. The van der Waals surface area contributed by atoms with E-state index in [0.29, 0.717) is 24.2 Å². The lowest BCUT2D eigenvalue weighted by Crippen LogP contribution is -2.27. The third kappa shape index (κ3) is 3.18. The number of aliphatic hydroxyl groups is 1. The molecule has 1 aliphatic carbocycles. The molecule has 3 heterocycles. The standard InChI is InChI=1S/C21H26N4O2/c1-15(2)25-18(26)11-10-16(22-25)19-17-9-5-8-14-24(17)23-20(19)21(27)12-6-3-4-7-13-21/h5,8-11,14-15,27H,3-4,6-7,12-13H2,1-2H3. The van der Waals surface area contributed by atoms with Crippen LogP contribution in [0.15, 0.2) is 41.3 Å². The van der Waals surface area contributed by atoms with Crippen LogP contribution >= 0.6 is 0 Å². The Kier molecular flexibility index (Phi) is 4.60. The Balaban J connectivity index is 1.97. The molecule has 0 aliphatic heterocycles. The summed E-state index contributed by atoms with van der Waals surface area (Å²) in [4.78, 5) is 12.2. The molecule has 6 nitrogen and oxygen atoms in total. The fraction of sp³-hybridized carbons (Fsp3) is 0.476. The Morgan fingerprint density at radius 2 is 1.78 bits per heavy atom. The van der Waals surface area contributed by atoms with Gasteiger partial charge in [-0.25, -0.2) is 9.20 Å². The molecule has 0 atom stereocenters. The van der Waals surface area contributed by atoms with Crippen molar-refractivity contribution in [2.45, 2.75) is 64.0 Å². The van der Waals surface area contributed by atoms with Gasteiger partial charge in [-0.2, -0.15) is 10.2 Å². The summed E-state index contributed by atoms with van der Waals surface area (Å²) < 4.78 is 3.29. The summed E-state index contributed by atoms with van der Waals surface area (Å²) in [6, 6.07) is 9.12. The smallest absolute Gasteiger partial charge is 0.267 e. The predicted molar refractivity (Wildman–Crippen MR) is 105 cm³/mol. The van der Waals surface area contributed by atoms with Crippen LogP contribution in [0.3, 0.4) is 0 Å². The first kappa shape index (κ1) is 17.9. The summed E-state index contributed by atoms with van der Waals surface area (Å²) >= 11 is 0. The van der Waals surface area contributed by atoms with Crippen LogP contribution in [0.4, 0.5) is 0 Å². The van der Waals surface area contributed by atoms with Crippen LogP contribution in [0.2, 0.25) is 0 Å². The largest absolute Gasteiger partial charge is 0.383 e. The maximum absolute atomic E-state index is 12.2. The number of aromatic nitrogens is 4. The maximum atomic E-state index is 12.2. The van der Waals surface area contributed by atoms with Gasteiger partial charge in [-0.3, -0.25) is 4.79 Å². The van der Waals surface area contributed by atoms with Gasteiger partial charge in [0.05, 0.1) is 22.8 Å². The van der Waals surface area contributed by atoms with Crippen molar-refractivity contribution in [3.05, 3.63) is 52.6 Å². The molecule has 3 aromatic heterocycles. The monoisotopic (exact) mass is 366 g/mol. The summed E-state index contributed by atoms with van der Waals surface area (Å²) in [5, 5.41) is 20.9. The first-order valence-corrected chi connectivity index (χ1v) is 9.80. The second kappa shape index (κ2) is 6.93. The number of fused-ring (bicyclic) bond motifs is 1. The van der Waals surface area contributed by atoms with Crippen molar-refractivity contribution < 1.29 is 5.11 Å². The number of rotatable bonds is 3. The van der Waals surface area contributed by atoms with Crippen LogP contribution in [-0.2, 0) is 5.60 Å². The van der Waals surface area contributed by atoms with Gasteiger partial charge in [-0.15, -0.1) is 0 Å². The molecular weight excluding hydrogens is 340 g/mol. The van der Waals surface area contributed by atoms with Crippen LogP contribution in [0.5, 0.6) is 0 Å². The van der Waals surface area contributed by atoms with Gasteiger partial charge in [0.1, 0.15) is 11.3 Å². The van der Waals surface area contributed by atoms with Crippen molar-refractivity contribution in [1.82, 2.24) is 19.4 Å². The molecule has 4 rings (SSSR count). The summed E-state index contributed by atoms with van der Waals surface area (Å²) in [7, 11) is 0. The summed E-state index contributed by atoms with van der Waals surface area (Å²) in [6.45, 7) is 3.88. The van der Waals surface area contributed by atoms with E-state index in [4.69, 9.17) is 5.10 Å². The summed E-state index contributed by atoms with van der Waals surface area (Å²) in [5.74, 6) is 0. The van der Waals surface area contributed by atoms with Crippen molar-refractivity contribution >= 4 is 5.52 Å². The highest BCUT2D eigenvalue weighted by Crippen LogP contribution is 2.41. The Hall–Kier alpha value is -2.47. The van der Waals surface area contributed by atoms with Crippen molar-refractivity contribution in [1.29, 1.82) is 0 Å². The maximum Gasteiger partial charge on any atom is 0.267 e.